The molecule has 0 bridgehead atoms. The van der Waals surface area contributed by atoms with Crippen LogP contribution in [0, 0.1) is 0 Å². The third kappa shape index (κ3) is 4.43. The summed E-state index contributed by atoms with van der Waals surface area (Å²) in [6.45, 7) is 8.44. The van der Waals surface area contributed by atoms with Crippen LogP contribution in [0.15, 0.2) is 132 Å². The molecule has 3 heterocycles. The van der Waals surface area contributed by atoms with Crippen molar-refractivity contribution in [2.75, 3.05) is 0 Å². The standard InChI is InChI=1S/C44H33BO3S/c1-43(2)44(3,4)48-45(47-43)32-22-30(28-15-19-39-37(24-28)35-17-13-26-9-5-7-11-33(26)41(35)46-39)21-31(23-32)29-16-20-40-38(25-29)36-18-14-27-10-6-8-12-34(27)42(36)49-40/h5-25H,1-4H3. The number of fused-ring (bicyclic) bond motifs is 10. The molecule has 0 amide bonds. The Kier molecular flexibility index (Phi) is 6.09. The molecule has 236 valence electrons. The molecule has 49 heavy (non-hydrogen) atoms. The molecule has 7 aromatic carbocycles. The van der Waals surface area contributed by atoms with Crippen molar-refractivity contribution in [3.63, 3.8) is 0 Å². The molecule has 0 aliphatic carbocycles. The summed E-state index contributed by atoms with van der Waals surface area (Å²) in [7, 11) is -0.481. The van der Waals surface area contributed by atoms with Crippen LogP contribution in [0.2, 0.25) is 0 Å². The Bertz CT molecular complexity index is 2620. The van der Waals surface area contributed by atoms with Gasteiger partial charge in [0.15, 0.2) is 0 Å². The van der Waals surface area contributed by atoms with Gasteiger partial charge in [-0.25, -0.2) is 0 Å². The van der Waals surface area contributed by atoms with Gasteiger partial charge in [0, 0.05) is 36.3 Å². The normalized spacial score (nSPS) is 15.9. The summed E-state index contributed by atoms with van der Waals surface area (Å²) >= 11 is 1.87. The van der Waals surface area contributed by atoms with Crippen LogP contribution >= 0.6 is 11.3 Å². The van der Waals surface area contributed by atoms with Crippen LogP contribution in [0.3, 0.4) is 0 Å². The molecule has 2 aromatic heterocycles. The lowest BCUT2D eigenvalue weighted by Crippen LogP contribution is -2.41. The number of furan rings is 1. The van der Waals surface area contributed by atoms with Gasteiger partial charge >= 0.3 is 7.12 Å². The van der Waals surface area contributed by atoms with Gasteiger partial charge in [0.25, 0.3) is 0 Å². The van der Waals surface area contributed by atoms with E-state index >= 15 is 0 Å². The smallest absolute Gasteiger partial charge is 0.455 e. The lowest BCUT2D eigenvalue weighted by Gasteiger charge is -2.32. The predicted molar refractivity (Wildman–Crippen MR) is 208 cm³/mol. The highest BCUT2D eigenvalue weighted by Gasteiger charge is 2.51. The van der Waals surface area contributed by atoms with Gasteiger partial charge in [-0.05, 0) is 108 Å². The highest BCUT2D eigenvalue weighted by Crippen LogP contribution is 2.42. The lowest BCUT2D eigenvalue weighted by molar-refractivity contribution is 0.00578. The van der Waals surface area contributed by atoms with E-state index in [1.54, 1.807) is 0 Å². The van der Waals surface area contributed by atoms with Gasteiger partial charge in [0.05, 0.1) is 11.2 Å². The second-order valence-electron chi connectivity index (χ2n) is 14.4. The van der Waals surface area contributed by atoms with Crippen molar-refractivity contribution in [2.45, 2.75) is 38.9 Å². The van der Waals surface area contributed by atoms with Crippen LogP contribution in [0.4, 0.5) is 0 Å². The molecule has 0 N–H and O–H groups in total. The Hall–Kier alpha value is -4.94. The molecule has 1 saturated heterocycles. The van der Waals surface area contributed by atoms with Crippen molar-refractivity contribution in [1.82, 2.24) is 0 Å². The summed E-state index contributed by atoms with van der Waals surface area (Å²) in [4.78, 5) is 0. The summed E-state index contributed by atoms with van der Waals surface area (Å²) in [5, 5.41) is 9.71. The molecular weight excluding hydrogens is 619 g/mol. The minimum atomic E-state index is -0.481. The number of benzene rings is 7. The maximum atomic E-state index is 6.61. The molecule has 0 unspecified atom stereocenters. The highest BCUT2D eigenvalue weighted by molar-refractivity contribution is 7.26. The first-order valence-corrected chi connectivity index (χ1v) is 17.7. The average molecular weight is 653 g/mol. The Morgan fingerprint density at radius 1 is 0.490 bits per heavy atom. The molecule has 9 aromatic rings. The number of thiophene rings is 1. The van der Waals surface area contributed by atoms with Crippen molar-refractivity contribution < 1.29 is 13.7 Å². The zero-order chi connectivity index (χ0) is 33.1. The predicted octanol–water partition coefficient (Wildman–Crippen LogP) is 11.9. The quantitative estimate of drug-likeness (QED) is 0.178. The summed E-state index contributed by atoms with van der Waals surface area (Å²) in [5.41, 5.74) is 6.48. The van der Waals surface area contributed by atoms with E-state index in [1.165, 1.54) is 41.9 Å². The molecule has 0 atom stereocenters. The second kappa shape index (κ2) is 10.3. The Balaban J connectivity index is 1.16. The first-order chi connectivity index (χ1) is 23.7. The van der Waals surface area contributed by atoms with Crippen LogP contribution in [-0.4, -0.2) is 18.3 Å². The Labute approximate surface area is 288 Å². The van der Waals surface area contributed by atoms with Gasteiger partial charge in [-0.3, -0.25) is 0 Å². The van der Waals surface area contributed by atoms with Gasteiger partial charge in [-0.15, -0.1) is 11.3 Å². The fraction of sp³-hybridized carbons (Fsp3) is 0.136. The zero-order valence-corrected chi connectivity index (χ0v) is 28.7. The summed E-state index contributed by atoms with van der Waals surface area (Å²) in [6, 6.07) is 46.2. The fourth-order valence-corrected chi connectivity index (χ4v) is 8.69. The van der Waals surface area contributed by atoms with Crippen LogP contribution in [-0.2, 0) is 9.31 Å². The molecule has 3 nitrogen and oxygen atoms in total. The average Bonchev–Trinajstić information content (AvgIpc) is 3.75. The Morgan fingerprint density at radius 3 is 1.84 bits per heavy atom. The third-order valence-electron chi connectivity index (χ3n) is 10.9. The van der Waals surface area contributed by atoms with E-state index in [4.69, 9.17) is 13.7 Å². The van der Waals surface area contributed by atoms with Crippen molar-refractivity contribution in [3.8, 4) is 22.3 Å². The van der Waals surface area contributed by atoms with E-state index in [1.807, 2.05) is 11.3 Å². The maximum absolute atomic E-state index is 6.61. The fourth-order valence-electron chi connectivity index (χ4n) is 7.47. The molecule has 5 heteroatoms. The summed E-state index contributed by atoms with van der Waals surface area (Å²) in [6.07, 6.45) is 0. The van der Waals surface area contributed by atoms with Crippen molar-refractivity contribution in [1.29, 1.82) is 0 Å². The van der Waals surface area contributed by atoms with Gasteiger partial charge in [0.2, 0.25) is 0 Å². The third-order valence-corrected chi connectivity index (χ3v) is 12.1. The highest BCUT2D eigenvalue weighted by atomic mass is 32.1. The number of hydrogen-bond acceptors (Lipinski definition) is 4. The molecule has 1 fully saturated rings. The van der Waals surface area contributed by atoms with Crippen molar-refractivity contribution in [2.24, 2.45) is 0 Å². The lowest BCUT2D eigenvalue weighted by atomic mass is 9.76. The monoisotopic (exact) mass is 652 g/mol. The molecule has 0 radical (unpaired) electrons. The maximum Gasteiger partial charge on any atom is 0.494 e. The first-order valence-electron chi connectivity index (χ1n) is 16.9. The minimum Gasteiger partial charge on any atom is -0.455 e. The van der Waals surface area contributed by atoms with E-state index < -0.39 is 18.3 Å². The van der Waals surface area contributed by atoms with E-state index in [2.05, 4.69) is 155 Å². The largest absolute Gasteiger partial charge is 0.494 e. The van der Waals surface area contributed by atoms with Crippen LogP contribution in [0.5, 0.6) is 0 Å². The molecular formula is C44H33BO3S. The van der Waals surface area contributed by atoms with Crippen molar-refractivity contribution >= 4 is 87.6 Å². The molecule has 1 aliphatic rings. The van der Waals surface area contributed by atoms with Crippen LogP contribution in [0.1, 0.15) is 27.7 Å². The molecule has 0 saturated carbocycles. The van der Waals surface area contributed by atoms with Gasteiger partial charge in [0.1, 0.15) is 11.2 Å². The van der Waals surface area contributed by atoms with E-state index in [-0.39, 0.29) is 0 Å². The number of hydrogen-bond donors (Lipinski definition) is 0. The molecule has 0 spiro atoms. The SMILES string of the molecule is CC1(C)OB(c2cc(-c3ccc4oc5c6ccccc6ccc5c4c3)cc(-c3ccc4sc5c6ccccc6ccc5c4c3)c2)OC1(C)C. The first kappa shape index (κ1) is 29.0. The Morgan fingerprint density at radius 2 is 1.10 bits per heavy atom. The minimum absolute atomic E-state index is 0.442. The van der Waals surface area contributed by atoms with Crippen LogP contribution < -0.4 is 5.46 Å². The number of rotatable bonds is 3. The van der Waals surface area contributed by atoms with Gasteiger partial charge < -0.3 is 13.7 Å². The zero-order valence-electron chi connectivity index (χ0n) is 27.8. The van der Waals surface area contributed by atoms with E-state index in [9.17, 15) is 0 Å². The molecule has 10 rings (SSSR count). The topological polar surface area (TPSA) is 31.6 Å². The second-order valence-corrected chi connectivity index (χ2v) is 15.4. The summed E-state index contributed by atoms with van der Waals surface area (Å²) < 4.78 is 22.3. The van der Waals surface area contributed by atoms with Crippen molar-refractivity contribution in [3.05, 3.63) is 127 Å². The molecule has 1 aliphatic heterocycles. The summed E-state index contributed by atoms with van der Waals surface area (Å²) in [5.74, 6) is 0. The van der Waals surface area contributed by atoms with Crippen LogP contribution in [0.25, 0.3) is 85.9 Å². The van der Waals surface area contributed by atoms with E-state index in [0.29, 0.717) is 0 Å². The van der Waals surface area contributed by atoms with Gasteiger partial charge in [-0.1, -0.05) is 91.0 Å². The van der Waals surface area contributed by atoms with Gasteiger partial charge in [-0.2, -0.15) is 0 Å². The van der Waals surface area contributed by atoms with E-state index in [0.717, 1.165) is 49.5 Å².